The maximum atomic E-state index is 13.1. The van der Waals surface area contributed by atoms with Crippen LogP contribution in [0.5, 0.6) is 0 Å². The average Bonchev–Trinajstić information content (AvgIpc) is 2.35. The number of benzene rings is 1. The lowest BCUT2D eigenvalue weighted by molar-refractivity contribution is 0.575. The van der Waals surface area contributed by atoms with Crippen molar-refractivity contribution in [1.29, 1.82) is 0 Å². The van der Waals surface area contributed by atoms with Gasteiger partial charge < -0.3 is 5.73 Å². The molecule has 1 aromatic rings. The van der Waals surface area contributed by atoms with Gasteiger partial charge >= 0.3 is 0 Å². The summed E-state index contributed by atoms with van der Waals surface area (Å²) >= 11 is 1.64. The molecule has 18 heavy (non-hydrogen) atoms. The first-order valence-corrected chi connectivity index (χ1v) is 8.36. The highest BCUT2D eigenvalue weighted by Crippen LogP contribution is 2.16. The second-order valence-corrected chi connectivity index (χ2v) is 6.42. The van der Waals surface area contributed by atoms with Crippen molar-refractivity contribution < 1.29 is 12.8 Å². The van der Waals surface area contributed by atoms with Crippen LogP contribution in [0.15, 0.2) is 23.1 Å². The van der Waals surface area contributed by atoms with Crippen molar-refractivity contribution in [1.82, 2.24) is 4.72 Å². The molecule has 0 aliphatic carbocycles. The van der Waals surface area contributed by atoms with Crippen molar-refractivity contribution >= 4 is 21.8 Å². The van der Waals surface area contributed by atoms with Crippen molar-refractivity contribution in [2.24, 2.45) is 5.73 Å². The predicted molar refractivity (Wildman–Crippen MR) is 72.5 cm³/mol. The molecule has 1 rings (SSSR count). The number of sulfonamides is 1. The van der Waals surface area contributed by atoms with Crippen LogP contribution in [0.25, 0.3) is 0 Å². The van der Waals surface area contributed by atoms with Crippen LogP contribution < -0.4 is 10.5 Å². The minimum Gasteiger partial charge on any atom is -0.326 e. The number of rotatable bonds is 7. The van der Waals surface area contributed by atoms with Gasteiger partial charge in [-0.15, -0.1) is 0 Å². The van der Waals surface area contributed by atoms with Crippen molar-refractivity contribution in [2.45, 2.75) is 17.9 Å². The van der Waals surface area contributed by atoms with Gasteiger partial charge in [0.05, 0.1) is 4.90 Å². The zero-order valence-electron chi connectivity index (χ0n) is 10.1. The lowest BCUT2D eigenvalue weighted by Crippen LogP contribution is -2.26. The van der Waals surface area contributed by atoms with Gasteiger partial charge in [0.1, 0.15) is 5.82 Å². The Morgan fingerprint density at radius 2 is 2.17 bits per heavy atom. The van der Waals surface area contributed by atoms with Crippen LogP contribution in [-0.2, 0) is 16.6 Å². The SMILES string of the molecule is CSCCCNS(=O)(=O)c1cc(F)ccc1CN. The first-order chi connectivity index (χ1) is 8.51. The van der Waals surface area contributed by atoms with Crippen LogP contribution in [0.4, 0.5) is 4.39 Å². The fourth-order valence-electron chi connectivity index (χ4n) is 1.45. The number of nitrogens with one attached hydrogen (secondary N) is 1. The number of halogens is 1. The van der Waals surface area contributed by atoms with Gasteiger partial charge in [0, 0.05) is 13.1 Å². The summed E-state index contributed by atoms with van der Waals surface area (Å²) in [5, 5.41) is 0. The normalized spacial score (nSPS) is 11.7. The van der Waals surface area contributed by atoms with Gasteiger partial charge in [-0.2, -0.15) is 11.8 Å². The minimum absolute atomic E-state index is 0.0569. The standard InChI is InChI=1S/C11H17FN2O2S2/c1-17-6-2-5-14-18(15,16)11-7-10(12)4-3-9(11)8-13/h3-4,7,14H,2,5-6,8,13H2,1H3. The van der Waals surface area contributed by atoms with Gasteiger partial charge in [-0.3, -0.25) is 0 Å². The molecular weight excluding hydrogens is 275 g/mol. The molecule has 102 valence electrons. The van der Waals surface area contributed by atoms with Crippen LogP contribution in [0.3, 0.4) is 0 Å². The molecule has 0 aliphatic rings. The van der Waals surface area contributed by atoms with E-state index in [2.05, 4.69) is 4.72 Å². The summed E-state index contributed by atoms with van der Waals surface area (Å²) in [6, 6.07) is 3.60. The Labute approximate surface area is 111 Å². The molecule has 0 aliphatic heterocycles. The van der Waals surface area contributed by atoms with E-state index < -0.39 is 15.8 Å². The number of hydrogen-bond donors (Lipinski definition) is 2. The first-order valence-electron chi connectivity index (χ1n) is 5.48. The second kappa shape index (κ2) is 7.08. The Morgan fingerprint density at radius 1 is 1.44 bits per heavy atom. The zero-order valence-corrected chi connectivity index (χ0v) is 11.8. The molecule has 0 spiro atoms. The topological polar surface area (TPSA) is 72.2 Å². The highest BCUT2D eigenvalue weighted by atomic mass is 32.2. The molecule has 7 heteroatoms. The van der Waals surface area contributed by atoms with Gasteiger partial charge in [0.25, 0.3) is 0 Å². The van der Waals surface area contributed by atoms with Gasteiger partial charge in [-0.25, -0.2) is 17.5 Å². The Balaban J connectivity index is 2.87. The van der Waals surface area contributed by atoms with E-state index in [-0.39, 0.29) is 11.4 Å². The summed E-state index contributed by atoms with van der Waals surface area (Å²) in [5.74, 6) is 0.284. The van der Waals surface area contributed by atoms with E-state index in [1.54, 1.807) is 11.8 Å². The lowest BCUT2D eigenvalue weighted by atomic mass is 10.2. The van der Waals surface area contributed by atoms with Crippen LogP contribution in [0, 0.1) is 5.82 Å². The fraction of sp³-hybridized carbons (Fsp3) is 0.455. The molecule has 0 unspecified atom stereocenters. The highest BCUT2D eigenvalue weighted by Gasteiger charge is 2.18. The summed E-state index contributed by atoms with van der Waals surface area (Å²) in [4.78, 5) is -0.0749. The quantitative estimate of drug-likeness (QED) is 0.743. The predicted octanol–water partition coefficient (Wildman–Crippen LogP) is 1.32. The average molecular weight is 292 g/mol. The molecule has 4 nitrogen and oxygen atoms in total. The van der Waals surface area contributed by atoms with Crippen molar-refractivity contribution in [3.8, 4) is 0 Å². The Hall–Kier alpha value is -0.630. The maximum Gasteiger partial charge on any atom is 0.240 e. The van der Waals surface area contributed by atoms with Gasteiger partial charge in [-0.05, 0) is 36.1 Å². The molecule has 0 amide bonds. The van der Waals surface area contributed by atoms with E-state index in [1.807, 2.05) is 6.26 Å². The largest absolute Gasteiger partial charge is 0.326 e. The van der Waals surface area contributed by atoms with E-state index in [1.165, 1.54) is 12.1 Å². The van der Waals surface area contributed by atoms with E-state index in [9.17, 15) is 12.8 Å². The molecular formula is C11H17FN2O2S2. The summed E-state index contributed by atoms with van der Waals surface area (Å²) < 4.78 is 39.5. The molecule has 0 atom stereocenters. The fourth-order valence-corrected chi connectivity index (χ4v) is 3.21. The molecule has 1 aromatic carbocycles. The van der Waals surface area contributed by atoms with Crippen molar-refractivity contribution in [3.63, 3.8) is 0 Å². The smallest absolute Gasteiger partial charge is 0.240 e. The van der Waals surface area contributed by atoms with Gasteiger partial charge in [0.15, 0.2) is 0 Å². The summed E-state index contributed by atoms with van der Waals surface area (Å²) in [7, 11) is -3.69. The first kappa shape index (κ1) is 15.4. The maximum absolute atomic E-state index is 13.1. The molecule has 0 heterocycles. The number of hydrogen-bond acceptors (Lipinski definition) is 4. The Morgan fingerprint density at radius 3 is 2.78 bits per heavy atom. The van der Waals surface area contributed by atoms with E-state index in [4.69, 9.17) is 5.73 Å². The summed E-state index contributed by atoms with van der Waals surface area (Å²) in [5.41, 5.74) is 5.87. The Bertz CT molecular complexity index is 492. The van der Waals surface area contributed by atoms with Gasteiger partial charge in [0.2, 0.25) is 10.0 Å². The highest BCUT2D eigenvalue weighted by molar-refractivity contribution is 7.98. The molecule has 0 bridgehead atoms. The second-order valence-electron chi connectivity index (χ2n) is 3.70. The van der Waals surface area contributed by atoms with Crippen LogP contribution >= 0.6 is 11.8 Å². The number of nitrogens with two attached hydrogens (primary N) is 1. The third kappa shape index (κ3) is 4.24. The van der Waals surface area contributed by atoms with Crippen molar-refractivity contribution in [3.05, 3.63) is 29.6 Å². The van der Waals surface area contributed by atoms with Crippen LogP contribution in [0.1, 0.15) is 12.0 Å². The molecule has 0 fully saturated rings. The van der Waals surface area contributed by atoms with Crippen LogP contribution in [0.2, 0.25) is 0 Å². The van der Waals surface area contributed by atoms with E-state index in [0.717, 1.165) is 18.2 Å². The third-order valence-electron chi connectivity index (χ3n) is 2.36. The molecule has 0 aromatic heterocycles. The summed E-state index contributed by atoms with van der Waals surface area (Å²) in [6.07, 6.45) is 2.68. The van der Waals surface area contributed by atoms with E-state index >= 15 is 0 Å². The monoisotopic (exact) mass is 292 g/mol. The molecule has 0 saturated heterocycles. The molecule has 0 radical (unpaired) electrons. The van der Waals surface area contributed by atoms with Crippen molar-refractivity contribution in [2.75, 3.05) is 18.6 Å². The lowest BCUT2D eigenvalue weighted by Gasteiger charge is -2.10. The molecule has 0 saturated carbocycles. The third-order valence-corrected chi connectivity index (χ3v) is 4.60. The molecule has 3 N–H and O–H groups in total. The zero-order chi connectivity index (χ0) is 13.6. The Kier molecular flexibility index (Phi) is 6.07. The van der Waals surface area contributed by atoms with Crippen LogP contribution in [-0.4, -0.2) is 27.0 Å². The minimum atomic E-state index is -3.69. The van der Waals surface area contributed by atoms with Gasteiger partial charge in [-0.1, -0.05) is 6.07 Å². The van der Waals surface area contributed by atoms with E-state index in [0.29, 0.717) is 12.1 Å². The number of thioether (sulfide) groups is 1. The summed E-state index contributed by atoms with van der Waals surface area (Å²) in [6.45, 7) is 0.394.